The van der Waals surface area contributed by atoms with Crippen LogP contribution >= 0.6 is 11.6 Å². The van der Waals surface area contributed by atoms with Crippen LogP contribution in [0.4, 0.5) is 5.69 Å². The zero-order chi connectivity index (χ0) is 19.8. The van der Waals surface area contributed by atoms with Gasteiger partial charge in [0.25, 0.3) is 5.91 Å². The molecule has 1 fully saturated rings. The summed E-state index contributed by atoms with van der Waals surface area (Å²) in [6, 6.07) is 14.4. The van der Waals surface area contributed by atoms with E-state index >= 15 is 0 Å². The summed E-state index contributed by atoms with van der Waals surface area (Å²) < 4.78 is 2.12. The van der Waals surface area contributed by atoms with Gasteiger partial charge in [-0.15, -0.1) is 0 Å². The molecular formula is C23H26ClN3O. The Bertz CT molecular complexity index is 1030. The monoisotopic (exact) mass is 395 g/mol. The number of hydrogen-bond donors (Lipinski definition) is 0. The maximum Gasteiger partial charge on any atom is 0.270 e. The number of halogens is 1. The third kappa shape index (κ3) is 3.26. The van der Waals surface area contributed by atoms with E-state index in [-0.39, 0.29) is 5.91 Å². The standard InChI is InChI=1S/C23H26ClN3O/c1-4-27-21-9-8-18(24)15-20(21)17(3)22(27)23(28)26-12-10-25(11-13-26)19-7-5-6-16(2)14-19/h5-9,14-15H,4,10-13H2,1-3H3. The first-order valence-electron chi connectivity index (χ1n) is 9.89. The lowest BCUT2D eigenvalue weighted by Gasteiger charge is -2.36. The van der Waals surface area contributed by atoms with E-state index in [9.17, 15) is 4.79 Å². The number of benzene rings is 2. The zero-order valence-electron chi connectivity index (χ0n) is 16.7. The van der Waals surface area contributed by atoms with E-state index in [1.807, 2.05) is 30.0 Å². The number of amides is 1. The number of aromatic nitrogens is 1. The smallest absolute Gasteiger partial charge is 0.270 e. The number of carbonyl (C=O) groups excluding carboxylic acids is 1. The van der Waals surface area contributed by atoms with E-state index in [4.69, 9.17) is 11.6 Å². The van der Waals surface area contributed by atoms with E-state index < -0.39 is 0 Å². The van der Waals surface area contributed by atoms with Crippen LogP contribution in [0.2, 0.25) is 5.02 Å². The molecule has 1 aliphatic heterocycles. The van der Waals surface area contributed by atoms with Gasteiger partial charge in [-0.25, -0.2) is 0 Å². The molecule has 0 radical (unpaired) electrons. The van der Waals surface area contributed by atoms with Gasteiger partial charge < -0.3 is 14.4 Å². The highest BCUT2D eigenvalue weighted by atomic mass is 35.5. The molecule has 5 heteroatoms. The predicted molar refractivity (Wildman–Crippen MR) is 117 cm³/mol. The molecule has 0 bridgehead atoms. The predicted octanol–water partition coefficient (Wildman–Crippen LogP) is 4.89. The van der Waals surface area contributed by atoms with Crippen LogP contribution in [0, 0.1) is 13.8 Å². The molecule has 1 amide bonds. The van der Waals surface area contributed by atoms with Crippen LogP contribution in [0.3, 0.4) is 0 Å². The molecule has 2 heterocycles. The normalized spacial score (nSPS) is 14.7. The van der Waals surface area contributed by atoms with Crippen molar-refractivity contribution in [3.63, 3.8) is 0 Å². The molecule has 0 atom stereocenters. The van der Waals surface area contributed by atoms with Crippen molar-refractivity contribution in [2.75, 3.05) is 31.1 Å². The van der Waals surface area contributed by atoms with Crippen molar-refractivity contribution in [2.45, 2.75) is 27.3 Å². The minimum atomic E-state index is 0.121. The number of nitrogens with zero attached hydrogens (tertiary/aromatic N) is 3. The highest BCUT2D eigenvalue weighted by Gasteiger charge is 2.27. The molecule has 4 nitrogen and oxygen atoms in total. The molecule has 1 aromatic heterocycles. The minimum Gasteiger partial charge on any atom is -0.368 e. The molecule has 0 aliphatic carbocycles. The van der Waals surface area contributed by atoms with Gasteiger partial charge in [-0.2, -0.15) is 0 Å². The number of aryl methyl sites for hydroxylation is 3. The Balaban J connectivity index is 1.58. The molecule has 2 aromatic carbocycles. The maximum absolute atomic E-state index is 13.4. The molecule has 0 saturated carbocycles. The summed E-state index contributed by atoms with van der Waals surface area (Å²) in [7, 11) is 0. The summed E-state index contributed by atoms with van der Waals surface area (Å²) >= 11 is 6.20. The van der Waals surface area contributed by atoms with Crippen LogP contribution in [0.15, 0.2) is 42.5 Å². The third-order valence-corrected chi connectivity index (χ3v) is 5.97. The zero-order valence-corrected chi connectivity index (χ0v) is 17.5. The van der Waals surface area contributed by atoms with Crippen LogP contribution in [-0.2, 0) is 6.54 Å². The van der Waals surface area contributed by atoms with Gasteiger partial charge in [-0.05, 0) is 62.2 Å². The lowest BCUT2D eigenvalue weighted by atomic mass is 10.1. The molecule has 0 unspecified atom stereocenters. The second-order valence-electron chi connectivity index (χ2n) is 7.50. The van der Waals surface area contributed by atoms with E-state index in [0.29, 0.717) is 5.02 Å². The second kappa shape index (κ2) is 7.51. The van der Waals surface area contributed by atoms with Crippen LogP contribution in [0.25, 0.3) is 10.9 Å². The van der Waals surface area contributed by atoms with E-state index in [2.05, 4.69) is 47.6 Å². The molecule has 1 saturated heterocycles. The Labute approximate surface area is 171 Å². The van der Waals surface area contributed by atoms with E-state index in [1.54, 1.807) is 0 Å². The number of rotatable bonds is 3. The number of hydrogen-bond acceptors (Lipinski definition) is 2. The topological polar surface area (TPSA) is 28.5 Å². The Morgan fingerprint density at radius 2 is 1.79 bits per heavy atom. The van der Waals surface area contributed by atoms with E-state index in [0.717, 1.165) is 54.9 Å². The van der Waals surface area contributed by atoms with Crippen molar-refractivity contribution < 1.29 is 4.79 Å². The molecular weight excluding hydrogens is 370 g/mol. The van der Waals surface area contributed by atoms with Crippen LogP contribution in [-0.4, -0.2) is 41.6 Å². The second-order valence-corrected chi connectivity index (χ2v) is 7.93. The highest BCUT2D eigenvalue weighted by Crippen LogP contribution is 2.29. The lowest BCUT2D eigenvalue weighted by molar-refractivity contribution is 0.0735. The summed E-state index contributed by atoms with van der Waals surface area (Å²) in [5, 5.41) is 1.77. The first-order valence-corrected chi connectivity index (χ1v) is 10.3. The van der Waals surface area contributed by atoms with Gasteiger partial charge in [-0.1, -0.05) is 23.7 Å². The highest BCUT2D eigenvalue weighted by molar-refractivity contribution is 6.31. The molecule has 0 spiro atoms. The van der Waals surface area contributed by atoms with Crippen LogP contribution in [0.5, 0.6) is 0 Å². The summed E-state index contributed by atoms with van der Waals surface area (Å²) in [6.45, 7) is 10.2. The summed E-state index contributed by atoms with van der Waals surface area (Å²) in [5.74, 6) is 0.121. The van der Waals surface area contributed by atoms with Gasteiger partial charge in [0.15, 0.2) is 0 Å². The average molecular weight is 396 g/mol. The fraction of sp³-hybridized carbons (Fsp3) is 0.348. The SMILES string of the molecule is CCn1c(C(=O)N2CCN(c3cccc(C)c3)CC2)c(C)c2cc(Cl)ccc21. The number of fused-ring (bicyclic) bond motifs is 1. The molecule has 146 valence electrons. The summed E-state index contributed by atoms with van der Waals surface area (Å²) in [6.07, 6.45) is 0. The molecule has 28 heavy (non-hydrogen) atoms. The molecule has 1 aliphatic rings. The number of piperazine rings is 1. The van der Waals surface area contributed by atoms with Gasteiger partial charge in [0.1, 0.15) is 5.69 Å². The van der Waals surface area contributed by atoms with Crippen LogP contribution in [0.1, 0.15) is 28.5 Å². The fourth-order valence-corrected chi connectivity index (χ4v) is 4.41. The van der Waals surface area contributed by atoms with Crippen molar-refractivity contribution in [2.24, 2.45) is 0 Å². The fourth-order valence-electron chi connectivity index (χ4n) is 4.24. The first-order chi connectivity index (χ1) is 13.5. The van der Waals surface area contributed by atoms with Gasteiger partial charge in [0, 0.05) is 54.3 Å². The van der Waals surface area contributed by atoms with Gasteiger partial charge in [-0.3, -0.25) is 4.79 Å². The van der Waals surface area contributed by atoms with Crippen molar-refractivity contribution in [1.82, 2.24) is 9.47 Å². The van der Waals surface area contributed by atoms with Crippen molar-refractivity contribution in [3.05, 3.63) is 64.3 Å². The maximum atomic E-state index is 13.4. The van der Waals surface area contributed by atoms with Crippen molar-refractivity contribution >= 4 is 34.1 Å². The largest absolute Gasteiger partial charge is 0.368 e. The first kappa shape index (κ1) is 18.9. The number of anilines is 1. The van der Waals surface area contributed by atoms with Gasteiger partial charge in [0.05, 0.1) is 0 Å². The summed E-state index contributed by atoms with van der Waals surface area (Å²) in [4.78, 5) is 17.8. The van der Waals surface area contributed by atoms with Crippen molar-refractivity contribution in [1.29, 1.82) is 0 Å². The van der Waals surface area contributed by atoms with E-state index in [1.165, 1.54) is 11.3 Å². The average Bonchev–Trinajstić information content (AvgIpc) is 2.98. The Morgan fingerprint density at radius 1 is 1.04 bits per heavy atom. The van der Waals surface area contributed by atoms with Crippen LogP contribution < -0.4 is 4.90 Å². The quantitative estimate of drug-likeness (QED) is 0.631. The molecule has 4 rings (SSSR count). The Morgan fingerprint density at radius 3 is 2.46 bits per heavy atom. The van der Waals surface area contributed by atoms with Crippen molar-refractivity contribution in [3.8, 4) is 0 Å². The molecule has 3 aromatic rings. The third-order valence-electron chi connectivity index (χ3n) is 5.73. The van der Waals surface area contributed by atoms with Gasteiger partial charge in [0.2, 0.25) is 0 Å². The lowest BCUT2D eigenvalue weighted by Crippen LogP contribution is -2.49. The summed E-state index contributed by atoms with van der Waals surface area (Å²) in [5.41, 5.74) is 5.39. The molecule has 0 N–H and O–H groups in total. The Hall–Kier alpha value is -2.46. The minimum absolute atomic E-state index is 0.121. The van der Waals surface area contributed by atoms with Gasteiger partial charge >= 0.3 is 0 Å². The Kier molecular flexibility index (Phi) is 5.07. The number of carbonyl (C=O) groups is 1.